The third kappa shape index (κ3) is 5.04. The number of amides is 1. The SMILES string of the molecule is C[C@@H]1CCC2(CCN(C(=O)OC(C)(C)C)CC2)[C@@H]1N[S+]([O-])C(C)(C)C. The molecular weight excluding hydrogens is 336 g/mol. The van der Waals surface area contributed by atoms with Gasteiger partial charge in [0.05, 0.1) is 6.04 Å². The molecule has 146 valence electrons. The Labute approximate surface area is 156 Å². The normalized spacial score (nSPS) is 28.2. The Kier molecular flexibility index (Phi) is 6.07. The second-order valence-corrected chi connectivity index (χ2v) is 11.8. The highest BCUT2D eigenvalue weighted by atomic mass is 32.2. The molecule has 1 saturated heterocycles. The Balaban J connectivity index is 2.01. The molecule has 1 N–H and O–H groups in total. The zero-order chi connectivity index (χ0) is 19.0. The summed E-state index contributed by atoms with van der Waals surface area (Å²) >= 11 is -1.06. The van der Waals surface area contributed by atoms with Gasteiger partial charge in [0.1, 0.15) is 10.3 Å². The Morgan fingerprint density at radius 2 is 1.72 bits per heavy atom. The molecule has 0 bridgehead atoms. The van der Waals surface area contributed by atoms with Gasteiger partial charge in [0.2, 0.25) is 0 Å². The molecule has 1 spiro atoms. The summed E-state index contributed by atoms with van der Waals surface area (Å²) in [4.78, 5) is 14.1. The highest BCUT2D eigenvalue weighted by Crippen LogP contribution is 2.49. The lowest BCUT2D eigenvalue weighted by Gasteiger charge is -2.44. The fourth-order valence-corrected chi connectivity index (χ4v) is 5.06. The first-order valence-electron chi connectivity index (χ1n) is 9.50. The van der Waals surface area contributed by atoms with E-state index in [1.165, 1.54) is 0 Å². The smallest absolute Gasteiger partial charge is 0.410 e. The number of carbonyl (C=O) groups is 1. The summed E-state index contributed by atoms with van der Waals surface area (Å²) in [5.74, 6) is 0.513. The summed E-state index contributed by atoms with van der Waals surface area (Å²) in [6.07, 6.45) is 4.00. The monoisotopic (exact) mass is 372 g/mol. The summed E-state index contributed by atoms with van der Waals surface area (Å²) in [5, 5.41) is 0. The summed E-state index contributed by atoms with van der Waals surface area (Å²) < 4.78 is 21.3. The van der Waals surface area contributed by atoms with Crippen molar-refractivity contribution in [3.05, 3.63) is 0 Å². The number of rotatable bonds is 2. The molecule has 3 atom stereocenters. The molecule has 1 unspecified atom stereocenters. The third-order valence-corrected chi connectivity index (χ3v) is 7.11. The van der Waals surface area contributed by atoms with E-state index in [0.717, 1.165) is 38.8 Å². The largest absolute Gasteiger partial charge is 0.598 e. The molecule has 1 saturated carbocycles. The maximum Gasteiger partial charge on any atom is 0.410 e. The highest BCUT2D eigenvalue weighted by molar-refractivity contribution is 7.90. The zero-order valence-corrected chi connectivity index (χ0v) is 17.8. The zero-order valence-electron chi connectivity index (χ0n) is 17.0. The van der Waals surface area contributed by atoms with Crippen molar-refractivity contribution < 1.29 is 14.1 Å². The third-order valence-electron chi connectivity index (χ3n) is 5.53. The number of piperidine rings is 1. The van der Waals surface area contributed by atoms with E-state index in [1.54, 1.807) is 0 Å². The fourth-order valence-electron chi connectivity index (χ4n) is 4.00. The van der Waals surface area contributed by atoms with E-state index in [1.807, 2.05) is 46.4 Å². The highest BCUT2D eigenvalue weighted by Gasteiger charge is 2.51. The van der Waals surface area contributed by atoms with Crippen LogP contribution >= 0.6 is 0 Å². The predicted molar refractivity (Wildman–Crippen MR) is 103 cm³/mol. The van der Waals surface area contributed by atoms with Crippen LogP contribution in [0.4, 0.5) is 4.79 Å². The number of nitrogens with one attached hydrogen (secondary N) is 1. The molecular formula is C19H36N2O3S. The van der Waals surface area contributed by atoms with E-state index in [2.05, 4.69) is 11.6 Å². The van der Waals surface area contributed by atoms with Gasteiger partial charge in [-0.05, 0) is 78.6 Å². The molecule has 2 rings (SSSR count). The Hall–Kier alpha value is -0.460. The average molecular weight is 373 g/mol. The van der Waals surface area contributed by atoms with Crippen LogP contribution in [0, 0.1) is 11.3 Å². The van der Waals surface area contributed by atoms with Gasteiger partial charge in [-0.3, -0.25) is 0 Å². The maximum atomic E-state index is 12.6. The number of carbonyl (C=O) groups excluding carboxylic acids is 1. The first-order chi connectivity index (χ1) is 11.3. The van der Waals surface area contributed by atoms with Crippen molar-refractivity contribution in [1.29, 1.82) is 0 Å². The molecule has 5 nitrogen and oxygen atoms in total. The lowest BCUT2D eigenvalue weighted by Crippen LogP contribution is -2.55. The van der Waals surface area contributed by atoms with Crippen LogP contribution in [0.25, 0.3) is 0 Å². The van der Waals surface area contributed by atoms with E-state index >= 15 is 0 Å². The van der Waals surface area contributed by atoms with Crippen LogP contribution in [0.2, 0.25) is 0 Å². The van der Waals surface area contributed by atoms with Gasteiger partial charge >= 0.3 is 6.09 Å². The van der Waals surface area contributed by atoms with Crippen molar-refractivity contribution in [2.24, 2.45) is 11.3 Å². The molecule has 2 fully saturated rings. The minimum absolute atomic E-state index is 0.152. The van der Waals surface area contributed by atoms with Crippen molar-refractivity contribution in [3.8, 4) is 0 Å². The van der Waals surface area contributed by atoms with Crippen LogP contribution in [0.3, 0.4) is 0 Å². The second-order valence-electron chi connectivity index (χ2n) is 9.82. The van der Waals surface area contributed by atoms with Crippen LogP contribution in [0.15, 0.2) is 0 Å². The van der Waals surface area contributed by atoms with Gasteiger partial charge in [-0.2, -0.15) is 0 Å². The molecule has 0 aromatic heterocycles. The quantitative estimate of drug-likeness (QED) is 0.748. The van der Waals surface area contributed by atoms with Gasteiger partial charge < -0.3 is 14.2 Å². The number of hydrogen-bond donors (Lipinski definition) is 1. The molecule has 1 heterocycles. The van der Waals surface area contributed by atoms with Gasteiger partial charge in [0.15, 0.2) is 0 Å². The first kappa shape index (κ1) is 20.8. The second kappa shape index (κ2) is 7.28. The van der Waals surface area contributed by atoms with E-state index in [0.29, 0.717) is 5.92 Å². The lowest BCUT2D eigenvalue weighted by atomic mass is 9.73. The Bertz CT molecular complexity index is 476. The molecule has 0 aromatic rings. The van der Waals surface area contributed by atoms with Crippen molar-refractivity contribution in [2.45, 2.75) is 90.5 Å². The molecule has 0 radical (unpaired) electrons. The van der Waals surface area contributed by atoms with Crippen LogP contribution in [0.1, 0.15) is 74.1 Å². The van der Waals surface area contributed by atoms with E-state index in [-0.39, 0.29) is 22.3 Å². The van der Waals surface area contributed by atoms with Crippen molar-refractivity contribution >= 4 is 17.5 Å². The van der Waals surface area contributed by atoms with Gasteiger partial charge in [-0.1, -0.05) is 6.92 Å². The summed E-state index contributed by atoms with van der Waals surface area (Å²) in [6, 6.07) is 0.258. The maximum absolute atomic E-state index is 12.6. The Morgan fingerprint density at radius 1 is 1.16 bits per heavy atom. The topological polar surface area (TPSA) is 64.6 Å². The molecule has 1 amide bonds. The van der Waals surface area contributed by atoms with Gasteiger partial charge in [-0.15, -0.1) is 4.72 Å². The molecule has 1 aliphatic carbocycles. The van der Waals surface area contributed by atoms with Gasteiger partial charge in [0, 0.05) is 24.5 Å². The number of ether oxygens (including phenoxy) is 1. The standard InChI is InChI=1S/C19H36N2O3S/c1-14-8-9-19(15(14)20-25(23)18(5,6)7)10-12-21(13-11-19)16(22)24-17(2,3)4/h14-15,20H,8-13H2,1-7H3/t14-,15-,25?/m1/s1. The van der Waals surface area contributed by atoms with E-state index in [9.17, 15) is 9.35 Å². The van der Waals surface area contributed by atoms with Crippen molar-refractivity contribution in [1.82, 2.24) is 9.62 Å². The van der Waals surface area contributed by atoms with Crippen LogP contribution in [-0.4, -0.2) is 45.0 Å². The number of hydrogen-bond acceptors (Lipinski definition) is 4. The predicted octanol–water partition coefficient (Wildman–Crippen LogP) is 3.85. The van der Waals surface area contributed by atoms with Crippen LogP contribution in [0.5, 0.6) is 0 Å². The van der Waals surface area contributed by atoms with Gasteiger partial charge in [-0.25, -0.2) is 4.79 Å². The van der Waals surface area contributed by atoms with Crippen LogP contribution in [-0.2, 0) is 16.1 Å². The molecule has 0 aromatic carbocycles. The minimum atomic E-state index is -1.06. The van der Waals surface area contributed by atoms with E-state index in [4.69, 9.17) is 4.74 Å². The van der Waals surface area contributed by atoms with Crippen LogP contribution < -0.4 is 4.72 Å². The molecule has 25 heavy (non-hydrogen) atoms. The minimum Gasteiger partial charge on any atom is -0.598 e. The molecule has 6 heteroatoms. The summed E-state index contributed by atoms with van der Waals surface area (Å²) in [7, 11) is 0. The van der Waals surface area contributed by atoms with Crippen molar-refractivity contribution in [2.75, 3.05) is 13.1 Å². The lowest BCUT2D eigenvalue weighted by molar-refractivity contribution is 0.00742. The van der Waals surface area contributed by atoms with Gasteiger partial charge in [0.25, 0.3) is 0 Å². The average Bonchev–Trinajstić information content (AvgIpc) is 2.75. The van der Waals surface area contributed by atoms with E-state index < -0.39 is 17.0 Å². The molecule has 1 aliphatic heterocycles. The summed E-state index contributed by atoms with van der Waals surface area (Å²) in [5.41, 5.74) is -0.305. The summed E-state index contributed by atoms with van der Waals surface area (Å²) in [6.45, 7) is 15.4. The fraction of sp³-hybridized carbons (Fsp3) is 0.947. The Morgan fingerprint density at radius 3 is 2.20 bits per heavy atom. The number of likely N-dealkylation sites (tertiary alicyclic amines) is 1. The first-order valence-corrected chi connectivity index (χ1v) is 10.7. The number of nitrogens with zero attached hydrogens (tertiary/aromatic N) is 1. The molecule has 2 aliphatic rings. The van der Waals surface area contributed by atoms with Crippen molar-refractivity contribution in [3.63, 3.8) is 0 Å².